The van der Waals surface area contributed by atoms with Crippen molar-refractivity contribution < 1.29 is 19.2 Å². The van der Waals surface area contributed by atoms with E-state index in [-0.39, 0.29) is 12.8 Å². The van der Waals surface area contributed by atoms with Crippen molar-refractivity contribution in [3.8, 4) is 0 Å². The Morgan fingerprint density at radius 1 is 1.17 bits per heavy atom. The van der Waals surface area contributed by atoms with E-state index in [0.717, 1.165) is 11.1 Å². The van der Waals surface area contributed by atoms with Crippen molar-refractivity contribution in [2.45, 2.75) is 26.7 Å². The molecule has 0 unspecified atom stereocenters. The Morgan fingerprint density at radius 3 is 2.17 bits per heavy atom. The highest BCUT2D eigenvalue weighted by Gasteiger charge is 2.33. The molecule has 1 aliphatic heterocycles. The third-order valence-corrected chi connectivity index (χ3v) is 2.55. The van der Waals surface area contributed by atoms with Gasteiger partial charge in [-0.2, -0.15) is 0 Å². The summed E-state index contributed by atoms with van der Waals surface area (Å²) in [6.07, 6.45) is 0.180. The van der Waals surface area contributed by atoms with E-state index in [4.69, 9.17) is 4.84 Å². The highest BCUT2D eigenvalue weighted by Crippen LogP contribution is 2.15. The van der Waals surface area contributed by atoms with Crippen LogP contribution >= 0.6 is 0 Å². The molecular weight excluding hydrogens is 234 g/mol. The second-order valence-corrected chi connectivity index (χ2v) is 4.20. The molecule has 5 nitrogen and oxygen atoms in total. The minimum absolute atomic E-state index is 0.0900. The van der Waals surface area contributed by atoms with E-state index < -0.39 is 17.8 Å². The van der Waals surface area contributed by atoms with E-state index >= 15 is 0 Å². The molecule has 1 aromatic rings. The van der Waals surface area contributed by atoms with Gasteiger partial charge in [-0.05, 0) is 43.2 Å². The molecule has 0 spiro atoms. The molecule has 0 aliphatic carbocycles. The molecule has 1 aromatic carbocycles. The molecular formula is C13H12NO4. The number of hydroxylamine groups is 2. The number of carbonyl (C=O) groups is 3. The number of benzene rings is 1. The predicted octanol–water partition coefficient (Wildman–Crippen LogP) is 1.32. The van der Waals surface area contributed by atoms with Crippen molar-refractivity contribution in [3.05, 3.63) is 34.9 Å². The van der Waals surface area contributed by atoms with Gasteiger partial charge in [-0.25, -0.2) is 4.79 Å². The van der Waals surface area contributed by atoms with Gasteiger partial charge in [0.25, 0.3) is 11.8 Å². The molecule has 1 radical (unpaired) electrons. The van der Waals surface area contributed by atoms with E-state index in [2.05, 4.69) is 6.07 Å². The summed E-state index contributed by atoms with van der Waals surface area (Å²) in [4.78, 5) is 39.2. The molecule has 1 heterocycles. The van der Waals surface area contributed by atoms with Crippen molar-refractivity contribution in [1.82, 2.24) is 5.06 Å². The first-order chi connectivity index (χ1) is 8.47. The van der Waals surface area contributed by atoms with Crippen LogP contribution in [0.2, 0.25) is 0 Å². The van der Waals surface area contributed by atoms with Gasteiger partial charge in [0.05, 0.1) is 5.56 Å². The van der Waals surface area contributed by atoms with Crippen LogP contribution in [0.4, 0.5) is 0 Å². The molecule has 93 valence electrons. The maximum absolute atomic E-state index is 11.8. The summed E-state index contributed by atoms with van der Waals surface area (Å²) in [5, 5.41) is 0.545. The number of nitrogens with zero attached hydrogens (tertiary/aromatic N) is 1. The number of hydrogen-bond donors (Lipinski definition) is 0. The molecule has 18 heavy (non-hydrogen) atoms. The molecule has 5 heteroatoms. The summed E-state index contributed by atoms with van der Waals surface area (Å²) >= 11 is 0. The van der Waals surface area contributed by atoms with Gasteiger partial charge < -0.3 is 4.84 Å². The maximum Gasteiger partial charge on any atom is 0.363 e. The highest BCUT2D eigenvalue weighted by atomic mass is 16.7. The van der Waals surface area contributed by atoms with Crippen LogP contribution in [-0.4, -0.2) is 22.8 Å². The van der Waals surface area contributed by atoms with Gasteiger partial charge in [0.2, 0.25) is 0 Å². The average Bonchev–Trinajstić information content (AvgIpc) is 2.59. The fraction of sp³-hybridized carbons (Fsp3) is 0.308. The van der Waals surface area contributed by atoms with Crippen LogP contribution in [0.15, 0.2) is 12.1 Å². The summed E-state index contributed by atoms with van der Waals surface area (Å²) < 4.78 is 0. The number of imide groups is 1. The predicted molar refractivity (Wildman–Crippen MR) is 61.3 cm³/mol. The fourth-order valence-corrected chi connectivity index (χ4v) is 1.80. The quantitative estimate of drug-likeness (QED) is 0.738. The number of aryl methyl sites for hydroxylation is 2. The lowest BCUT2D eigenvalue weighted by atomic mass is 10.1. The van der Waals surface area contributed by atoms with E-state index in [9.17, 15) is 14.4 Å². The minimum atomic E-state index is -0.709. The zero-order chi connectivity index (χ0) is 13.3. The lowest BCUT2D eigenvalue weighted by Gasteiger charge is -2.12. The van der Waals surface area contributed by atoms with E-state index in [1.165, 1.54) is 0 Å². The summed E-state index contributed by atoms with van der Waals surface area (Å²) in [7, 11) is 0. The van der Waals surface area contributed by atoms with Crippen LogP contribution in [-0.2, 0) is 14.4 Å². The number of hydrogen-bond acceptors (Lipinski definition) is 4. The second kappa shape index (κ2) is 4.60. The molecule has 1 aliphatic rings. The number of amides is 2. The monoisotopic (exact) mass is 246 g/mol. The normalized spacial score (nSPS) is 15.1. The Morgan fingerprint density at radius 2 is 1.67 bits per heavy atom. The lowest BCUT2D eigenvalue weighted by molar-refractivity contribution is -0.172. The van der Waals surface area contributed by atoms with Crippen molar-refractivity contribution in [3.63, 3.8) is 0 Å². The first-order valence-corrected chi connectivity index (χ1v) is 5.56. The Kier molecular flexibility index (Phi) is 3.14. The van der Waals surface area contributed by atoms with Crippen LogP contribution < -0.4 is 0 Å². The number of carbonyl (C=O) groups excluding carboxylic acids is 3. The molecule has 0 N–H and O–H groups in total. The third kappa shape index (κ3) is 2.40. The van der Waals surface area contributed by atoms with Crippen molar-refractivity contribution in [1.29, 1.82) is 0 Å². The first kappa shape index (κ1) is 12.3. The second-order valence-electron chi connectivity index (χ2n) is 4.20. The van der Waals surface area contributed by atoms with Crippen molar-refractivity contribution >= 4 is 17.8 Å². The molecule has 0 aromatic heterocycles. The molecule has 0 atom stereocenters. The van der Waals surface area contributed by atoms with Gasteiger partial charge in [0.1, 0.15) is 0 Å². The number of rotatable bonds is 2. The van der Waals surface area contributed by atoms with Gasteiger partial charge in [0.15, 0.2) is 0 Å². The average molecular weight is 246 g/mol. The molecule has 1 saturated heterocycles. The molecule has 0 saturated carbocycles. The van der Waals surface area contributed by atoms with Crippen LogP contribution in [0.5, 0.6) is 0 Å². The highest BCUT2D eigenvalue weighted by molar-refractivity contribution is 6.02. The van der Waals surface area contributed by atoms with Crippen LogP contribution in [0.25, 0.3) is 0 Å². The van der Waals surface area contributed by atoms with Gasteiger partial charge in [0, 0.05) is 12.8 Å². The van der Waals surface area contributed by atoms with Crippen molar-refractivity contribution in [2.24, 2.45) is 0 Å². The van der Waals surface area contributed by atoms with Crippen LogP contribution in [0, 0.1) is 19.9 Å². The third-order valence-electron chi connectivity index (χ3n) is 2.55. The summed E-state index contributed by atoms with van der Waals surface area (Å²) in [5.41, 5.74) is 1.89. The topological polar surface area (TPSA) is 63.7 Å². The van der Waals surface area contributed by atoms with Gasteiger partial charge in [-0.1, -0.05) is 0 Å². The van der Waals surface area contributed by atoms with E-state index in [0.29, 0.717) is 10.6 Å². The zero-order valence-electron chi connectivity index (χ0n) is 10.1. The van der Waals surface area contributed by atoms with Crippen LogP contribution in [0.1, 0.15) is 34.3 Å². The summed E-state index contributed by atoms with van der Waals surface area (Å²) in [5.74, 6) is -1.67. The standard InChI is InChI=1S/C13H12NO4/c1-8-5-9(2)7-10(6-8)13(17)18-14-11(15)3-4-12(14)16/h6-7H,3-4H2,1-2H3. The summed E-state index contributed by atoms with van der Waals surface area (Å²) in [6, 6.07) is 6.22. The Labute approximate surface area is 104 Å². The molecule has 0 bridgehead atoms. The largest absolute Gasteiger partial charge is 0.363 e. The minimum Gasteiger partial charge on any atom is -0.325 e. The van der Waals surface area contributed by atoms with Crippen LogP contribution in [0.3, 0.4) is 0 Å². The first-order valence-electron chi connectivity index (χ1n) is 5.56. The Balaban J connectivity index is 2.17. The summed E-state index contributed by atoms with van der Waals surface area (Å²) in [6.45, 7) is 3.60. The molecule has 2 amide bonds. The van der Waals surface area contributed by atoms with Crippen molar-refractivity contribution in [2.75, 3.05) is 0 Å². The Bertz CT molecular complexity index is 500. The van der Waals surface area contributed by atoms with Gasteiger partial charge >= 0.3 is 5.97 Å². The zero-order valence-corrected chi connectivity index (χ0v) is 10.1. The lowest BCUT2D eigenvalue weighted by Crippen LogP contribution is -2.32. The smallest absolute Gasteiger partial charge is 0.325 e. The SMILES string of the molecule is Cc1[c]c(C)cc(C(=O)ON2C(=O)CCC2=O)c1. The van der Waals surface area contributed by atoms with Gasteiger partial charge in [-0.3, -0.25) is 9.59 Å². The molecule has 2 rings (SSSR count). The maximum atomic E-state index is 11.8. The van der Waals surface area contributed by atoms with Gasteiger partial charge in [-0.15, -0.1) is 5.06 Å². The van der Waals surface area contributed by atoms with E-state index in [1.807, 2.05) is 0 Å². The van der Waals surface area contributed by atoms with E-state index in [1.54, 1.807) is 26.0 Å². The Hall–Kier alpha value is -2.17. The molecule has 1 fully saturated rings. The fourth-order valence-electron chi connectivity index (χ4n) is 1.80.